The molecular formula is C16H19N3O2. The van der Waals surface area contributed by atoms with Crippen LogP contribution in [0.2, 0.25) is 0 Å². The fourth-order valence-electron chi connectivity index (χ4n) is 2.98. The van der Waals surface area contributed by atoms with E-state index in [4.69, 9.17) is 0 Å². The van der Waals surface area contributed by atoms with E-state index in [2.05, 4.69) is 10.6 Å². The van der Waals surface area contributed by atoms with Crippen LogP contribution in [0.5, 0.6) is 0 Å². The van der Waals surface area contributed by atoms with Crippen molar-refractivity contribution in [1.82, 2.24) is 15.5 Å². The van der Waals surface area contributed by atoms with E-state index < -0.39 is 0 Å². The smallest absolute Gasteiger partial charge is 0.319 e. The third kappa shape index (κ3) is 2.39. The molecule has 0 bridgehead atoms. The maximum Gasteiger partial charge on any atom is 0.319 e. The quantitative estimate of drug-likeness (QED) is 0.890. The number of hydrogen-bond donors (Lipinski definition) is 2. The molecule has 2 aliphatic heterocycles. The molecule has 2 N–H and O–H groups in total. The molecule has 110 valence electrons. The second-order valence-corrected chi connectivity index (χ2v) is 5.56. The second kappa shape index (κ2) is 5.24. The molecule has 5 nitrogen and oxygen atoms in total. The van der Waals surface area contributed by atoms with Crippen LogP contribution in [0.1, 0.15) is 30.5 Å². The van der Waals surface area contributed by atoms with Crippen LogP contribution in [0.15, 0.2) is 35.5 Å². The van der Waals surface area contributed by atoms with E-state index in [1.807, 2.05) is 38.1 Å². The van der Waals surface area contributed by atoms with Gasteiger partial charge in [-0.2, -0.15) is 0 Å². The highest BCUT2D eigenvalue weighted by atomic mass is 16.2. The van der Waals surface area contributed by atoms with Crippen molar-refractivity contribution in [3.63, 3.8) is 0 Å². The zero-order valence-corrected chi connectivity index (χ0v) is 12.3. The summed E-state index contributed by atoms with van der Waals surface area (Å²) in [5, 5.41) is 5.65. The lowest BCUT2D eigenvalue weighted by Crippen LogP contribution is -2.44. The van der Waals surface area contributed by atoms with E-state index in [-0.39, 0.29) is 18.0 Å². The SMILES string of the molecule is CCCN1CC2=C(C1=O)[C@@H](c1cccc(C)c1)NC(=O)N2. The van der Waals surface area contributed by atoms with Crippen molar-refractivity contribution >= 4 is 11.9 Å². The Morgan fingerprint density at radius 2 is 2.14 bits per heavy atom. The Balaban J connectivity index is 1.99. The molecule has 0 fully saturated rings. The summed E-state index contributed by atoms with van der Waals surface area (Å²) in [5.41, 5.74) is 3.47. The average Bonchev–Trinajstić information content (AvgIpc) is 2.75. The predicted molar refractivity (Wildman–Crippen MR) is 79.5 cm³/mol. The van der Waals surface area contributed by atoms with E-state index in [1.54, 1.807) is 4.90 Å². The van der Waals surface area contributed by atoms with Crippen LogP contribution in [-0.2, 0) is 4.79 Å². The molecule has 0 spiro atoms. The minimum absolute atomic E-state index is 0.0193. The number of hydrogen-bond acceptors (Lipinski definition) is 2. The Kier molecular flexibility index (Phi) is 3.41. The number of rotatable bonds is 3. The molecule has 1 aromatic carbocycles. The van der Waals surface area contributed by atoms with Gasteiger partial charge in [-0.3, -0.25) is 4.79 Å². The maximum atomic E-state index is 12.6. The first-order chi connectivity index (χ1) is 10.1. The van der Waals surface area contributed by atoms with Gasteiger partial charge in [-0.05, 0) is 18.9 Å². The third-order valence-corrected chi connectivity index (χ3v) is 3.89. The Labute approximate surface area is 124 Å². The van der Waals surface area contributed by atoms with Gasteiger partial charge in [0.2, 0.25) is 0 Å². The lowest BCUT2D eigenvalue weighted by atomic mass is 9.95. The molecule has 1 aromatic rings. The zero-order chi connectivity index (χ0) is 15.0. The minimum atomic E-state index is -0.358. The summed E-state index contributed by atoms with van der Waals surface area (Å²) in [5.74, 6) is 0.0193. The van der Waals surface area contributed by atoms with Crippen LogP contribution in [0.25, 0.3) is 0 Å². The lowest BCUT2D eigenvalue weighted by molar-refractivity contribution is -0.125. The van der Waals surface area contributed by atoms with Crippen molar-refractivity contribution in [1.29, 1.82) is 0 Å². The van der Waals surface area contributed by atoms with Crippen LogP contribution in [-0.4, -0.2) is 29.9 Å². The number of aryl methyl sites for hydroxylation is 1. The summed E-state index contributed by atoms with van der Waals surface area (Å²) in [6.07, 6.45) is 0.906. The molecule has 0 radical (unpaired) electrons. The van der Waals surface area contributed by atoms with Gasteiger partial charge in [0.1, 0.15) is 0 Å². The average molecular weight is 285 g/mol. The molecule has 2 heterocycles. The van der Waals surface area contributed by atoms with Gasteiger partial charge in [0.05, 0.1) is 23.9 Å². The fraction of sp³-hybridized carbons (Fsp3) is 0.375. The van der Waals surface area contributed by atoms with Crippen molar-refractivity contribution in [2.45, 2.75) is 26.3 Å². The summed E-state index contributed by atoms with van der Waals surface area (Å²) >= 11 is 0. The normalized spacial score (nSPS) is 21.2. The van der Waals surface area contributed by atoms with Crippen molar-refractivity contribution < 1.29 is 9.59 Å². The molecular weight excluding hydrogens is 266 g/mol. The molecule has 0 saturated carbocycles. The van der Waals surface area contributed by atoms with Gasteiger partial charge in [-0.1, -0.05) is 36.8 Å². The molecule has 0 saturated heterocycles. The van der Waals surface area contributed by atoms with Crippen LogP contribution >= 0.6 is 0 Å². The monoisotopic (exact) mass is 285 g/mol. The molecule has 3 amide bonds. The largest absolute Gasteiger partial charge is 0.333 e. The van der Waals surface area contributed by atoms with Gasteiger partial charge in [-0.15, -0.1) is 0 Å². The zero-order valence-electron chi connectivity index (χ0n) is 12.3. The highest BCUT2D eigenvalue weighted by molar-refractivity contribution is 6.01. The molecule has 3 rings (SSSR count). The van der Waals surface area contributed by atoms with Gasteiger partial charge in [0.25, 0.3) is 5.91 Å². The summed E-state index contributed by atoms with van der Waals surface area (Å²) in [4.78, 5) is 26.2. The van der Waals surface area contributed by atoms with Gasteiger partial charge >= 0.3 is 6.03 Å². The molecule has 2 aliphatic rings. The molecule has 0 aliphatic carbocycles. The number of urea groups is 1. The predicted octanol–water partition coefficient (Wildman–Crippen LogP) is 1.86. The molecule has 0 unspecified atom stereocenters. The minimum Gasteiger partial charge on any atom is -0.333 e. The Morgan fingerprint density at radius 3 is 2.86 bits per heavy atom. The summed E-state index contributed by atoms with van der Waals surface area (Å²) < 4.78 is 0. The van der Waals surface area contributed by atoms with Crippen molar-refractivity contribution in [3.05, 3.63) is 46.7 Å². The number of benzene rings is 1. The molecule has 21 heavy (non-hydrogen) atoms. The van der Waals surface area contributed by atoms with Gasteiger partial charge < -0.3 is 15.5 Å². The van der Waals surface area contributed by atoms with Crippen LogP contribution in [0.3, 0.4) is 0 Å². The lowest BCUT2D eigenvalue weighted by Gasteiger charge is -2.25. The van der Waals surface area contributed by atoms with E-state index in [0.717, 1.165) is 23.2 Å². The van der Waals surface area contributed by atoms with Crippen molar-refractivity contribution in [2.24, 2.45) is 0 Å². The number of nitrogens with zero attached hydrogens (tertiary/aromatic N) is 1. The first-order valence-corrected chi connectivity index (χ1v) is 7.26. The summed E-state index contributed by atoms with van der Waals surface area (Å²) in [7, 11) is 0. The highest BCUT2D eigenvalue weighted by Crippen LogP contribution is 2.32. The van der Waals surface area contributed by atoms with Crippen LogP contribution < -0.4 is 10.6 Å². The van der Waals surface area contributed by atoms with E-state index in [1.165, 1.54) is 0 Å². The summed E-state index contributed by atoms with van der Waals surface area (Å²) in [6.45, 7) is 5.25. The van der Waals surface area contributed by atoms with E-state index in [0.29, 0.717) is 18.7 Å². The van der Waals surface area contributed by atoms with Crippen molar-refractivity contribution in [2.75, 3.05) is 13.1 Å². The first-order valence-electron chi connectivity index (χ1n) is 7.26. The number of carbonyl (C=O) groups excluding carboxylic acids is 2. The second-order valence-electron chi connectivity index (χ2n) is 5.56. The van der Waals surface area contributed by atoms with E-state index in [9.17, 15) is 9.59 Å². The number of amides is 3. The molecule has 0 aromatic heterocycles. The van der Waals surface area contributed by atoms with Crippen LogP contribution in [0, 0.1) is 6.92 Å². The number of carbonyl (C=O) groups is 2. The summed E-state index contributed by atoms with van der Waals surface area (Å²) in [6, 6.07) is 7.30. The highest BCUT2D eigenvalue weighted by Gasteiger charge is 2.39. The number of nitrogens with one attached hydrogen (secondary N) is 2. The van der Waals surface area contributed by atoms with Gasteiger partial charge in [0, 0.05) is 6.54 Å². The van der Waals surface area contributed by atoms with E-state index >= 15 is 0 Å². The molecule has 1 atom stereocenters. The van der Waals surface area contributed by atoms with Gasteiger partial charge in [0.15, 0.2) is 0 Å². The topological polar surface area (TPSA) is 61.4 Å². The Hall–Kier alpha value is -2.30. The van der Waals surface area contributed by atoms with Crippen LogP contribution in [0.4, 0.5) is 4.79 Å². The van der Waals surface area contributed by atoms with Gasteiger partial charge in [-0.25, -0.2) is 4.79 Å². The first kappa shape index (κ1) is 13.7. The standard InChI is InChI=1S/C16H19N3O2/c1-3-7-19-9-12-13(15(19)20)14(18-16(21)17-12)11-6-4-5-10(2)8-11/h4-6,8,14H,3,7,9H2,1-2H3,(H2,17,18,21)/t14-/m1/s1. The molecule has 5 heteroatoms. The fourth-order valence-corrected chi connectivity index (χ4v) is 2.98. The third-order valence-electron chi connectivity index (χ3n) is 3.89. The Bertz CT molecular complexity index is 636. The van der Waals surface area contributed by atoms with Crippen molar-refractivity contribution in [3.8, 4) is 0 Å². The maximum absolute atomic E-state index is 12.6. The Morgan fingerprint density at radius 1 is 1.33 bits per heavy atom.